The van der Waals surface area contributed by atoms with Crippen LogP contribution in [0.15, 0.2) is 42.5 Å². The molecule has 0 radical (unpaired) electrons. The molecule has 0 fully saturated rings. The number of hydrogen-bond acceptors (Lipinski definition) is 5. The molecule has 3 rings (SSSR count). The van der Waals surface area contributed by atoms with Gasteiger partial charge in [-0.25, -0.2) is 4.68 Å². The van der Waals surface area contributed by atoms with Gasteiger partial charge >= 0.3 is 0 Å². The van der Waals surface area contributed by atoms with Crippen LogP contribution in [0.1, 0.15) is 26.5 Å². The maximum absolute atomic E-state index is 12.3. The summed E-state index contributed by atoms with van der Waals surface area (Å²) in [4.78, 5) is 24.4. The van der Waals surface area contributed by atoms with Crippen molar-refractivity contribution < 1.29 is 14.7 Å². The number of phenols is 1. The van der Waals surface area contributed by atoms with Crippen LogP contribution >= 0.6 is 23.2 Å². The average molecular weight is 406 g/mol. The lowest BCUT2D eigenvalue weighted by molar-refractivity contribution is 0.0842. The van der Waals surface area contributed by atoms with Crippen LogP contribution in [-0.4, -0.2) is 31.9 Å². The molecule has 0 saturated heterocycles. The van der Waals surface area contributed by atoms with E-state index in [-0.39, 0.29) is 22.0 Å². The molecule has 27 heavy (non-hydrogen) atoms. The summed E-state index contributed by atoms with van der Waals surface area (Å²) in [6.45, 7) is 1.65. The van der Waals surface area contributed by atoms with Crippen molar-refractivity contribution in [1.82, 2.24) is 25.8 Å². The number of benzene rings is 2. The van der Waals surface area contributed by atoms with E-state index in [0.717, 1.165) is 0 Å². The fourth-order valence-corrected chi connectivity index (χ4v) is 2.68. The molecule has 138 valence electrons. The standard InChI is InChI=1S/C17H13Cl2N5O3/c1-9-15(20-23-24(9)12-4-2-3-10(18)7-12)17(27)22-21-16(26)13-8-11(19)5-6-14(13)25/h2-8,25H,1H3,(H,21,26)(H,22,27). The van der Waals surface area contributed by atoms with Crippen molar-refractivity contribution in [3.8, 4) is 11.4 Å². The summed E-state index contributed by atoms with van der Waals surface area (Å²) in [6, 6.07) is 10.9. The molecule has 0 aliphatic heterocycles. The predicted molar refractivity (Wildman–Crippen MR) is 99.2 cm³/mol. The number of nitrogens with one attached hydrogen (secondary N) is 2. The molecule has 8 nitrogen and oxygen atoms in total. The fraction of sp³-hybridized carbons (Fsp3) is 0.0588. The molecule has 3 aromatic rings. The molecule has 1 heterocycles. The molecule has 0 aliphatic rings. The van der Waals surface area contributed by atoms with Crippen LogP contribution in [0.2, 0.25) is 10.0 Å². The van der Waals surface area contributed by atoms with Crippen LogP contribution in [0.4, 0.5) is 0 Å². The Balaban J connectivity index is 1.74. The summed E-state index contributed by atoms with van der Waals surface area (Å²) in [5.41, 5.74) is 5.45. The summed E-state index contributed by atoms with van der Waals surface area (Å²) >= 11 is 11.8. The molecule has 10 heteroatoms. The lowest BCUT2D eigenvalue weighted by Gasteiger charge is -2.08. The summed E-state index contributed by atoms with van der Waals surface area (Å²) in [7, 11) is 0. The van der Waals surface area contributed by atoms with Gasteiger partial charge in [-0.2, -0.15) is 0 Å². The highest BCUT2D eigenvalue weighted by Gasteiger charge is 2.19. The van der Waals surface area contributed by atoms with Crippen LogP contribution in [-0.2, 0) is 0 Å². The van der Waals surface area contributed by atoms with Gasteiger partial charge in [-0.1, -0.05) is 34.5 Å². The van der Waals surface area contributed by atoms with Crippen molar-refractivity contribution in [2.45, 2.75) is 6.92 Å². The van der Waals surface area contributed by atoms with Crippen LogP contribution in [0.3, 0.4) is 0 Å². The van der Waals surface area contributed by atoms with Crippen LogP contribution < -0.4 is 10.9 Å². The molecule has 0 saturated carbocycles. The fourth-order valence-electron chi connectivity index (χ4n) is 2.32. The Bertz CT molecular complexity index is 1040. The van der Waals surface area contributed by atoms with E-state index < -0.39 is 11.8 Å². The zero-order valence-electron chi connectivity index (χ0n) is 13.9. The first-order valence-electron chi connectivity index (χ1n) is 7.64. The topological polar surface area (TPSA) is 109 Å². The van der Waals surface area contributed by atoms with E-state index in [1.54, 1.807) is 31.2 Å². The van der Waals surface area contributed by atoms with E-state index in [0.29, 0.717) is 16.4 Å². The van der Waals surface area contributed by atoms with Gasteiger partial charge in [0.05, 0.1) is 16.9 Å². The highest BCUT2D eigenvalue weighted by atomic mass is 35.5. The molecule has 1 aromatic heterocycles. The molecule has 0 unspecified atom stereocenters. The Kier molecular flexibility index (Phi) is 5.29. The van der Waals surface area contributed by atoms with Crippen LogP contribution in [0, 0.1) is 6.92 Å². The van der Waals surface area contributed by atoms with Gasteiger partial charge in [-0.3, -0.25) is 20.4 Å². The Morgan fingerprint density at radius 2 is 1.74 bits per heavy atom. The minimum absolute atomic E-state index is 0.0191. The third-order valence-corrected chi connectivity index (χ3v) is 4.13. The lowest BCUT2D eigenvalue weighted by atomic mass is 10.2. The predicted octanol–water partition coefficient (Wildman–Crippen LogP) is 2.66. The summed E-state index contributed by atoms with van der Waals surface area (Å²) in [6.07, 6.45) is 0. The van der Waals surface area contributed by atoms with Crippen molar-refractivity contribution in [3.05, 3.63) is 69.5 Å². The van der Waals surface area contributed by atoms with Crippen molar-refractivity contribution in [1.29, 1.82) is 0 Å². The van der Waals surface area contributed by atoms with E-state index >= 15 is 0 Å². The van der Waals surface area contributed by atoms with Crippen molar-refractivity contribution in [2.75, 3.05) is 0 Å². The number of rotatable bonds is 3. The number of hydrogen-bond donors (Lipinski definition) is 3. The number of phenolic OH excluding ortho intramolecular Hbond substituents is 1. The smallest absolute Gasteiger partial charge is 0.292 e. The van der Waals surface area contributed by atoms with Crippen molar-refractivity contribution in [2.24, 2.45) is 0 Å². The van der Waals surface area contributed by atoms with Crippen molar-refractivity contribution in [3.63, 3.8) is 0 Å². The Hall–Kier alpha value is -3.10. The summed E-state index contributed by atoms with van der Waals surface area (Å²) < 4.78 is 1.45. The van der Waals surface area contributed by atoms with Gasteiger partial charge in [0, 0.05) is 10.0 Å². The Morgan fingerprint density at radius 3 is 2.48 bits per heavy atom. The van der Waals surface area contributed by atoms with Crippen LogP contribution in [0.25, 0.3) is 5.69 Å². The number of carbonyl (C=O) groups is 2. The lowest BCUT2D eigenvalue weighted by Crippen LogP contribution is -2.42. The maximum Gasteiger partial charge on any atom is 0.292 e. The first-order chi connectivity index (χ1) is 12.9. The maximum atomic E-state index is 12.3. The number of amides is 2. The molecular formula is C17H13Cl2N5O3. The molecule has 2 aromatic carbocycles. The zero-order valence-corrected chi connectivity index (χ0v) is 15.4. The van der Waals surface area contributed by atoms with Gasteiger partial charge in [0.1, 0.15) is 5.75 Å². The summed E-state index contributed by atoms with van der Waals surface area (Å²) in [5.74, 6) is -1.67. The molecular weight excluding hydrogens is 393 g/mol. The van der Waals surface area contributed by atoms with E-state index in [1.807, 2.05) is 0 Å². The van der Waals surface area contributed by atoms with E-state index in [4.69, 9.17) is 23.2 Å². The molecule has 0 atom stereocenters. The normalized spacial score (nSPS) is 10.5. The molecule has 0 bridgehead atoms. The number of halogens is 2. The quantitative estimate of drug-likeness (QED) is 0.580. The second-order valence-electron chi connectivity index (χ2n) is 5.48. The van der Waals surface area contributed by atoms with Gasteiger partial charge in [-0.05, 0) is 43.3 Å². The highest BCUT2D eigenvalue weighted by Crippen LogP contribution is 2.21. The van der Waals surface area contributed by atoms with Crippen molar-refractivity contribution >= 4 is 35.0 Å². The number of hydrazine groups is 1. The number of aromatic hydroxyl groups is 1. The third-order valence-electron chi connectivity index (χ3n) is 3.66. The minimum atomic E-state index is -0.733. The van der Waals surface area contributed by atoms with Gasteiger partial charge in [0.2, 0.25) is 0 Å². The van der Waals surface area contributed by atoms with Gasteiger partial charge in [0.15, 0.2) is 5.69 Å². The van der Waals surface area contributed by atoms with Gasteiger partial charge in [-0.15, -0.1) is 5.10 Å². The van der Waals surface area contributed by atoms with E-state index in [2.05, 4.69) is 21.2 Å². The Labute approximate surface area is 163 Å². The number of aromatic nitrogens is 3. The Morgan fingerprint density at radius 1 is 1.04 bits per heavy atom. The molecule has 0 spiro atoms. The first kappa shape index (κ1) is 18.7. The average Bonchev–Trinajstić information content (AvgIpc) is 3.03. The largest absolute Gasteiger partial charge is 0.507 e. The van der Waals surface area contributed by atoms with Crippen LogP contribution in [0.5, 0.6) is 5.75 Å². The van der Waals surface area contributed by atoms with E-state index in [1.165, 1.54) is 22.9 Å². The van der Waals surface area contributed by atoms with Gasteiger partial charge < -0.3 is 5.11 Å². The zero-order chi connectivity index (χ0) is 19.6. The second kappa shape index (κ2) is 7.65. The summed E-state index contributed by atoms with van der Waals surface area (Å²) in [5, 5.41) is 18.3. The SMILES string of the molecule is Cc1c(C(=O)NNC(=O)c2cc(Cl)ccc2O)nnn1-c1cccc(Cl)c1. The second-order valence-corrected chi connectivity index (χ2v) is 6.36. The molecule has 0 aliphatic carbocycles. The monoisotopic (exact) mass is 405 g/mol. The molecule has 3 N–H and O–H groups in total. The highest BCUT2D eigenvalue weighted by molar-refractivity contribution is 6.31. The number of nitrogens with zero attached hydrogens (tertiary/aromatic N) is 3. The number of carbonyl (C=O) groups excluding carboxylic acids is 2. The minimum Gasteiger partial charge on any atom is -0.507 e. The molecule has 2 amide bonds. The van der Waals surface area contributed by atoms with E-state index in [9.17, 15) is 14.7 Å². The van der Waals surface area contributed by atoms with Gasteiger partial charge in [0.25, 0.3) is 11.8 Å². The third kappa shape index (κ3) is 4.02. The first-order valence-corrected chi connectivity index (χ1v) is 8.40.